The number of aromatic nitrogens is 1. The minimum atomic E-state index is -0.187. The number of rotatable bonds is 2. The second-order valence-corrected chi connectivity index (χ2v) is 9.14. The monoisotopic (exact) mass is 372 g/mol. The molecule has 0 radical (unpaired) electrons. The quantitative estimate of drug-likeness (QED) is 0.208. The predicted molar refractivity (Wildman–Crippen MR) is 111 cm³/mol. The van der Waals surface area contributed by atoms with E-state index in [1.165, 1.54) is 0 Å². The average molecular weight is 373 g/mol. The van der Waals surface area contributed by atoms with Crippen LogP contribution in [0.25, 0.3) is 0 Å². The van der Waals surface area contributed by atoms with Crippen LogP contribution in [0.3, 0.4) is 0 Å². The SMILES string of the molecule is Cc1ncccc1[N+](C)(C)C(=NC1CCC(C)(C)N(N)C(C)(C)C1)NC#N. The molecular formula is C20H34N7+. The molecular weight excluding hydrogens is 338 g/mol. The van der Waals surface area contributed by atoms with Crippen molar-refractivity contribution in [3.8, 4) is 6.19 Å². The molecule has 1 aliphatic heterocycles. The summed E-state index contributed by atoms with van der Waals surface area (Å²) in [6.45, 7) is 10.6. The minimum absolute atomic E-state index is 0.0815. The van der Waals surface area contributed by atoms with Crippen LogP contribution in [0, 0.1) is 18.4 Å². The van der Waals surface area contributed by atoms with Crippen LogP contribution in [-0.4, -0.2) is 47.2 Å². The van der Waals surface area contributed by atoms with E-state index in [4.69, 9.17) is 10.8 Å². The largest absolute Gasteiger partial charge is 0.316 e. The van der Waals surface area contributed by atoms with Gasteiger partial charge in [0.15, 0.2) is 11.9 Å². The van der Waals surface area contributed by atoms with Crippen molar-refractivity contribution in [3.05, 3.63) is 24.0 Å². The van der Waals surface area contributed by atoms with Crippen molar-refractivity contribution in [2.45, 2.75) is 71.0 Å². The lowest BCUT2D eigenvalue weighted by Gasteiger charge is -2.43. The van der Waals surface area contributed by atoms with Crippen LogP contribution >= 0.6 is 0 Å². The first-order chi connectivity index (χ1) is 12.4. The average Bonchev–Trinajstić information content (AvgIpc) is 2.65. The van der Waals surface area contributed by atoms with Crippen LogP contribution < -0.4 is 15.6 Å². The van der Waals surface area contributed by atoms with E-state index in [0.717, 1.165) is 30.6 Å². The second-order valence-electron chi connectivity index (χ2n) is 9.14. The van der Waals surface area contributed by atoms with Gasteiger partial charge in [-0.25, -0.2) is 19.8 Å². The molecule has 0 aromatic carbocycles. The summed E-state index contributed by atoms with van der Waals surface area (Å²) >= 11 is 0. The van der Waals surface area contributed by atoms with Gasteiger partial charge in [0, 0.05) is 23.3 Å². The number of pyridine rings is 1. The third-order valence-electron chi connectivity index (χ3n) is 5.71. The Bertz CT molecular complexity index is 743. The molecule has 2 heterocycles. The van der Waals surface area contributed by atoms with Crippen LogP contribution in [0.2, 0.25) is 0 Å². The highest BCUT2D eigenvalue weighted by Gasteiger charge is 2.41. The molecule has 2 rings (SSSR count). The Labute approximate surface area is 163 Å². The highest BCUT2D eigenvalue weighted by molar-refractivity contribution is 5.92. The molecule has 27 heavy (non-hydrogen) atoms. The predicted octanol–water partition coefficient (Wildman–Crippen LogP) is 2.67. The molecule has 148 valence electrons. The molecule has 3 N–H and O–H groups in total. The van der Waals surface area contributed by atoms with Crippen molar-refractivity contribution in [1.29, 1.82) is 5.26 Å². The molecule has 7 nitrogen and oxygen atoms in total. The summed E-state index contributed by atoms with van der Waals surface area (Å²) in [6, 6.07) is 4.02. The van der Waals surface area contributed by atoms with Crippen LogP contribution in [-0.2, 0) is 0 Å². The van der Waals surface area contributed by atoms with E-state index in [-0.39, 0.29) is 17.1 Å². The molecule has 0 saturated carbocycles. The normalized spacial score (nSPS) is 23.4. The van der Waals surface area contributed by atoms with Crippen molar-refractivity contribution < 1.29 is 0 Å². The van der Waals surface area contributed by atoms with Crippen molar-refractivity contribution in [2.24, 2.45) is 10.8 Å². The summed E-state index contributed by atoms with van der Waals surface area (Å²) in [4.78, 5) is 9.41. The number of aliphatic imine (C=N–C) groups is 1. The zero-order valence-electron chi connectivity index (χ0n) is 17.7. The van der Waals surface area contributed by atoms with Gasteiger partial charge in [0.1, 0.15) is 0 Å². The number of hydrogen-bond acceptors (Lipinski definition) is 5. The van der Waals surface area contributed by atoms with Gasteiger partial charge in [-0.3, -0.25) is 10.8 Å². The molecule has 1 aliphatic rings. The number of nitrogens with one attached hydrogen (secondary N) is 1. The number of nitriles is 1. The second kappa shape index (κ2) is 7.55. The van der Waals surface area contributed by atoms with Crippen molar-refractivity contribution in [3.63, 3.8) is 0 Å². The van der Waals surface area contributed by atoms with Crippen molar-refractivity contribution >= 4 is 11.6 Å². The number of hydrazine groups is 1. The third-order valence-corrected chi connectivity index (χ3v) is 5.71. The van der Waals surface area contributed by atoms with E-state index in [0.29, 0.717) is 10.4 Å². The lowest BCUT2D eigenvalue weighted by atomic mass is 9.94. The minimum Gasteiger partial charge on any atom is -0.268 e. The summed E-state index contributed by atoms with van der Waals surface area (Å²) in [7, 11) is 4.04. The van der Waals surface area contributed by atoms with E-state index in [2.05, 4.69) is 44.2 Å². The zero-order valence-corrected chi connectivity index (χ0v) is 17.7. The van der Waals surface area contributed by atoms with Crippen LogP contribution in [0.5, 0.6) is 0 Å². The maximum Gasteiger partial charge on any atom is 0.316 e. The first-order valence-corrected chi connectivity index (χ1v) is 9.46. The molecule has 0 bridgehead atoms. The molecule has 1 aromatic rings. The van der Waals surface area contributed by atoms with Gasteiger partial charge in [0.05, 0.1) is 25.8 Å². The summed E-state index contributed by atoms with van der Waals surface area (Å²) in [6.07, 6.45) is 6.54. The van der Waals surface area contributed by atoms with E-state index < -0.39 is 0 Å². The fourth-order valence-electron chi connectivity index (χ4n) is 4.07. The summed E-state index contributed by atoms with van der Waals surface area (Å²) in [5.41, 5.74) is 1.65. The van der Waals surface area contributed by atoms with Gasteiger partial charge in [-0.05, 0) is 59.9 Å². The van der Waals surface area contributed by atoms with E-state index in [1.54, 1.807) is 6.20 Å². The molecule has 1 atom stereocenters. The lowest BCUT2D eigenvalue weighted by Crippen LogP contribution is -2.58. The molecule has 0 spiro atoms. The smallest absolute Gasteiger partial charge is 0.268 e. The van der Waals surface area contributed by atoms with E-state index in [9.17, 15) is 5.26 Å². The molecule has 0 amide bonds. The van der Waals surface area contributed by atoms with E-state index >= 15 is 0 Å². The van der Waals surface area contributed by atoms with Crippen LogP contribution in [0.4, 0.5) is 5.69 Å². The summed E-state index contributed by atoms with van der Waals surface area (Å²) in [5, 5.41) is 14.1. The number of quaternary nitrogens is 1. The van der Waals surface area contributed by atoms with Crippen LogP contribution in [0.1, 0.15) is 52.7 Å². The molecule has 1 saturated heterocycles. The number of hydrogen-bond donors (Lipinski definition) is 2. The Morgan fingerprint density at radius 3 is 2.63 bits per heavy atom. The standard InChI is InChI=1S/C20H34N7/c1-15-17(9-8-12-23-15)27(6,7)18(24-14-21)25-16-10-11-19(2,3)26(22)20(4,5)13-16/h8-9,12,16H,10-11,13,22H2,1-7H3,(H,24,25)/q+1. The summed E-state index contributed by atoms with van der Waals surface area (Å²) < 4.78 is 0.333. The maximum absolute atomic E-state index is 9.33. The number of nitrogens with two attached hydrogens (primary N) is 1. The van der Waals surface area contributed by atoms with Crippen molar-refractivity contribution in [2.75, 3.05) is 14.1 Å². The van der Waals surface area contributed by atoms with Crippen molar-refractivity contribution in [1.82, 2.24) is 19.8 Å². The molecule has 1 fully saturated rings. The van der Waals surface area contributed by atoms with Crippen LogP contribution in [0.15, 0.2) is 23.3 Å². The fraction of sp³-hybridized carbons (Fsp3) is 0.650. The Morgan fingerprint density at radius 2 is 2.04 bits per heavy atom. The highest BCUT2D eigenvalue weighted by Crippen LogP contribution is 2.35. The Hall–Kier alpha value is -2.01. The first-order valence-electron chi connectivity index (χ1n) is 9.46. The molecule has 7 heteroatoms. The highest BCUT2D eigenvalue weighted by atomic mass is 15.5. The Morgan fingerprint density at radius 1 is 1.37 bits per heavy atom. The van der Waals surface area contributed by atoms with Gasteiger partial charge in [-0.15, -0.1) is 0 Å². The number of aryl methyl sites for hydroxylation is 1. The van der Waals surface area contributed by atoms with Gasteiger partial charge in [0.25, 0.3) is 0 Å². The number of nitrogens with zero attached hydrogens (tertiary/aromatic N) is 5. The molecule has 1 unspecified atom stereocenters. The molecule has 0 aliphatic carbocycles. The van der Waals surface area contributed by atoms with Gasteiger partial charge < -0.3 is 0 Å². The Balaban J connectivity index is 2.43. The fourth-order valence-corrected chi connectivity index (χ4v) is 4.07. The Kier molecular flexibility index (Phi) is 5.95. The van der Waals surface area contributed by atoms with Gasteiger partial charge >= 0.3 is 5.96 Å². The maximum atomic E-state index is 9.33. The zero-order chi connectivity index (χ0) is 20.5. The molecule has 1 aromatic heterocycles. The number of guanidine groups is 1. The van der Waals surface area contributed by atoms with Gasteiger partial charge in [0.2, 0.25) is 0 Å². The van der Waals surface area contributed by atoms with Gasteiger partial charge in [-0.1, -0.05) is 0 Å². The van der Waals surface area contributed by atoms with Gasteiger partial charge in [-0.2, -0.15) is 5.26 Å². The lowest BCUT2D eigenvalue weighted by molar-refractivity contribution is 0.0184. The topological polar surface area (TPSA) is 90.3 Å². The van der Waals surface area contributed by atoms with E-state index in [1.807, 2.05) is 38.2 Å². The third kappa shape index (κ3) is 4.46. The summed E-state index contributed by atoms with van der Waals surface area (Å²) in [5.74, 6) is 7.07. The first kappa shape index (κ1) is 21.3.